The van der Waals surface area contributed by atoms with Crippen LogP contribution in [-0.2, 0) is 4.74 Å². The van der Waals surface area contributed by atoms with E-state index in [1.54, 1.807) is 13.0 Å². The van der Waals surface area contributed by atoms with Crippen molar-refractivity contribution in [3.05, 3.63) is 27.9 Å². The van der Waals surface area contributed by atoms with Crippen molar-refractivity contribution in [2.24, 2.45) is 0 Å². The van der Waals surface area contributed by atoms with Crippen LogP contribution < -0.4 is 0 Å². The van der Waals surface area contributed by atoms with Gasteiger partial charge in [-0.05, 0) is 47.8 Å². The lowest BCUT2D eigenvalue weighted by Gasteiger charge is -2.06. The lowest BCUT2D eigenvalue weighted by molar-refractivity contribution is 0.0526. The summed E-state index contributed by atoms with van der Waals surface area (Å²) in [4.78, 5) is 23.7. The molecule has 1 aliphatic carbocycles. The first-order valence-corrected chi connectivity index (χ1v) is 7.56. The maximum Gasteiger partial charge on any atom is 0.341 e. The van der Waals surface area contributed by atoms with Gasteiger partial charge in [0.1, 0.15) is 5.75 Å². The third kappa shape index (κ3) is 2.23. The maximum absolute atomic E-state index is 12.2. The van der Waals surface area contributed by atoms with Gasteiger partial charge in [-0.1, -0.05) is 0 Å². The highest BCUT2D eigenvalue weighted by Crippen LogP contribution is 2.43. The molecule has 1 fully saturated rings. The molecule has 1 aromatic carbocycles. The van der Waals surface area contributed by atoms with E-state index in [4.69, 9.17) is 4.74 Å². The van der Waals surface area contributed by atoms with Gasteiger partial charge in [-0.2, -0.15) is 0 Å². The van der Waals surface area contributed by atoms with Crippen molar-refractivity contribution in [3.63, 3.8) is 0 Å². The Kier molecular flexibility index (Phi) is 3.49. The van der Waals surface area contributed by atoms with E-state index < -0.39 is 5.97 Å². The quantitative estimate of drug-likeness (QED) is 0.676. The van der Waals surface area contributed by atoms with Crippen molar-refractivity contribution in [3.8, 4) is 5.75 Å². The van der Waals surface area contributed by atoms with Crippen LogP contribution in [0.15, 0.2) is 16.6 Å². The van der Waals surface area contributed by atoms with Crippen molar-refractivity contribution in [2.45, 2.75) is 25.8 Å². The molecule has 6 heteroatoms. The zero-order valence-electron chi connectivity index (χ0n) is 11.4. The molecule has 0 radical (unpaired) electrons. The van der Waals surface area contributed by atoms with Gasteiger partial charge in [0.2, 0.25) is 0 Å². The predicted octanol–water partition coefficient (Wildman–Crippen LogP) is 3.43. The highest BCUT2D eigenvalue weighted by Gasteiger charge is 2.32. The van der Waals surface area contributed by atoms with Crippen LogP contribution in [0.25, 0.3) is 10.9 Å². The highest BCUT2D eigenvalue weighted by atomic mass is 79.9. The van der Waals surface area contributed by atoms with Crippen LogP contribution in [0.1, 0.15) is 46.7 Å². The fraction of sp³-hybridized carbons (Fsp3) is 0.333. The molecule has 3 rings (SSSR count). The van der Waals surface area contributed by atoms with Crippen molar-refractivity contribution >= 4 is 39.1 Å². The number of benzene rings is 1. The molecule has 1 saturated carbocycles. The fourth-order valence-corrected chi connectivity index (χ4v) is 2.93. The van der Waals surface area contributed by atoms with Crippen LogP contribution >= 0.6 is 15.9 Å². The van der Waals surface area contributed by atoms with E-state index in [2.05, 4.69) is 15.9 Å². The van der Waals surface area contributed by atoms with E-state index in [0.29, 0.717) is 21.8 Å². The molecule has 110 valence electrons. The van der Waals surface area contributed by atoms with Crippen LogP contribution in [0.3, 0.4) is 0 Å². The van der Waals surface area contributed by atoms with Gasteiger partial charge in [0.05, 0.1) is 27.9 Å². The molecule has 1 aliphatic rings. The number of nitrogens with zero attached hydrogens (tertiary/aromatic N) is 1. The van der Waals surface area contributed by atoms with Gasteiger partial charge in [0.15, 0.2) is 6.29 Å². The number of aldehydes is 1. The summed E-state index contributed by atoms with van der Waals surface area (Å²) in [6.45, 7) is 1.95. The van der Waals surface area contributed by atoms with E-state index in [0.717, 1.165) is 18.4 Å². The third-order valence-electron chi connectivity index (χ3n) is 3.61. The Labute approximate surface area is 129 Å². The summed E-state index contributed by atoms with van der Waals surface area (Å²) in [5.74, 6) is -0.510. The Balaban J connectivity index is 2.35. The second kappa shape index (κ2) is 5.18. The first-order valence-electron chi connectivity index (χ1n) is 6.77. The van der Waals surface area contributed by atoms with Crippen molar-refractivity contribution in [2.75, 3.05) is 6.61 Å². The summed E-state index contributed by atoms with van der Waals surface area (Å²) >= 11 is 3.28. The summed E-state index contributed by atoms with van der Waals surface area (Å²) in [6, 6.07) is 3.46. The molecule has 0 amide bonds. The first-order chi connectivity index (χ1) is 10.1. The van der Waals surface area contributed by atoms with Gasteiger partial charge in [-0.25, -0.2) is 4.79 Å². The molecular weight excluding hydrogens is 338 g/mol. The Bertz CT molecular complexity index is 746. The number of hydrogen-bond donors (Lipinski definition) is 1. The minimum Gasteiger partial charge on any atom is -0.507 e. The Morgan fingerprint density at radius 2 is 2.24 bits per heavy atom. The second-order valence-electron chi connectivity index (χ2n) is 5.02. The number of carbonyl (C=O) groups is 2. The molecule has 0 aliphatic heterocycles. The molecule has 0 atom stereocenters. The minimum atomic E-state index is -0.536. The fourth-order valence-electron chi connectivity index (χ4n) is 2.60. The summed E-state index contributed by atoms with van der Waals surface area (Å²) in [5.41, 5.74) is 1.31. The maximum atomic E-state index is 12.2. The summed E-state index contributed by atoms with van der Waals surface area (Å²) in [5, 5.41) is 10.4. The molecular formula is C15H14BrNO4. The number of carbonyl (C=O) groups excluding carboxylic acids is 2. The lowest BCUT2D eigenvalue weighted by atomic mass is 10.1. The van der Waals surface area contributed by atoms with Gasteiger partial charge in [-0.3, -0.25) is 4.79 Å². The highest BCUT2D eigenvalue weighted by molar-refractivity contribution is 9.10. The number of rotatable bonds is 4. The van der Waals surface area contributed by atoms with Gasteiger partial charge in [-0.15, -0.1) is 0 Å². The average molecular weight is 352 g/mol. The molecule has 0 spiro atoms. The zero-order valence-corrected chi connectivity index (χ0v) is 13.0. The van der Waals surface area contributed by atoms with Gasteiger partial charge in [0.25, 0.3) is 0 Å². The van der Waals surface area contributed by atoms with E-state index in [-0.39, 0.29) is 24.0 Å². The molecule has 0 saturated heterocycles. The zero-order chi connectivity index (χ0) is 15.1. The second-order valence-corrected chi connectivity index (χ2v) is 5.87. The van der Waals surface area contributed by atoms with E-state index in [1.165, 1.54) is 6.07 Å². The molecule has 1 N–H and O–H groups in total. The topological polar surface area (TPSA) is 68.5 Å². The monoisotopic (exact) mass is 351 g/mol. The van der Waals surface area contributed by atoms with Crippen LogP contribution in [0.2, 0.25) is 0 Å². The van der Waals surface area contributed by atoms with Crippen molar-refractivity contribution in [1.82, 2.24) is 4.57 Å². The van der Waals surface area contributed by atoms with E-state index >= 15 is 0 Å². The number of phenols is 1. The van der Waals surface area contributed by atoms with Crippen LogP contribution in [0.5, 0.6) is 5.75 Å². The largest absolute Gasteiger partial charge is 0.507 e. The van der Waals surface area contributed by atoms with Crippen LogP contribution in [-0.4, -0.2) is 28.5 Å². The number of aromatic hydroxyl groups is 1. The minimum absolute atomic E-state index is 0.0263. The van der Waals surface area contributed by atoms with E-state index in [1.807, 2.05) is 4.57 Å². The number of phenolic OH excluding ortho intramolecular Hbond substituents is 1. The number of esters is 1. The van der Waals surface area contributed by atoms with Crippen LogP contribution in [0.4, 0.5) is 0 Å². The standard InChI is InChI=1S/C15H14BrNO4/c1-2-21-15(20)14-9-5-13(19)10(16)6-11(9)17(8-3-4-8)12(14)7-18/h5-8,19H,2-4H2,1H3. The summed E-state index contributed by atoms with van der Waals surface area (Å²) in [6.07, 6.45) is 2.65. The molecule has 5 nitrogen and oxygen atoms in total. The van der Waals surface area contributed by atoms with Crippen molar-refractivity contribution < 1.29 is 19.4 Å². The molecule has 21 heavy (non-hydrogen) atoms. The van der Waals surface area contributed by atoms with Gasteiger partial charge >= 0.3 is 5.97 Å². The average Bonchev–Trinajstić information content (AvgIpc) is 3.23. The lowest BCUT2D eigenvalue weighted by Crippen LogP contribution is -2.09. The number of aromatic nitrogens is 1. The van der Waals surface area contributed by atoms with Gasteiger partial charge in [0, 0.05) is 11.4 Å². The summed E-state index contributed by atoms with van der Waals surface area (Å²) in [7, 11) is 0. The third-order valence-corrected chi connectivity index (χ3v) is 4.25. The number of fused-ring (bicyclic) bond motifs is 1. The van der Waals surface area contributed by atoms with Crippen molar-refractivity contribution in [1.29, 1.82) is 0 Å². The van der Waals surface area contributed by atoms with Gasteiger partial charge < -0.3 is 14.4 Å². The molecule has 1 heterocycles. The predicted molar refractivity (Wildman–Crippen MR) is 80.9 cm³/mol. The molecule has 2 aromatic rings. The smallest absolute Gasteiger partial charge is 0.341 e. The number of hydrogen-bond acceptors (Lipinski definition) is 4. The van der Waals surface area contributed by atoms with Crippen LogP contribution in [0, 0.1) is 0 Å². The Morgan fingerprint density at radius 1 is 1.52 bits per heavy atom. The normalized spacial score (nSPS) is 14.4. The van der Waals surface area contributed by atoms with E-state index in [9.17, 15) is 14.7 Å². The number of ether oxygens (including phenoxy) is 1. The molecule has 0 unspecified atom stereocenters. The Morgan fingerprint density at radius 3 is 2.81 bits per heavy atom. The molecule has 0 bridgehead atoms. The summed E-state index contributed by atoms with van der Waals surface area (Å²) < 4.78 is 7.46. The molecule has 1 aromatic heterocycles. The first kappa shape index (κ1) is 14.1. The SMILES string of the molecule is CCOC(=O)c1c(C=O)n(C2CC2)c2cc(Br)c(O)cc12. The number of halogens is 1. The Hall–Kier alpha value is -1.82.